The van der Waals surface area contributed by atoms with Gasteiger partial charge in [-0.05, 0) is 11.5 Å². The van der Waals surface area contributed by atoms with Gasteiger partial charge in [0.2, 0.25) is 0 Å². The van der Waals surface area contributed by atoms with E-state index in [0.29, 0.717) is 24.5 Å². The van der Waals surface area contributed by atoms with Crippen molar-refractivity contribution in [1.29, 1.82) is 0 Å². The molecule has 3 nitrogen and oxygen atoms in total. The van der Waals surface area contributed by atoms with E-state index in [-0.39, 0.29) is 0 Å². The highest BCUT2D eigenvalue weighted by atomic mass is 16.6. The van der Waals surface area contributed by atoms with Crippen LogP contribution >= 0.6 is 0 Å². The summed E-state index contributed by atoms with van der Waals surface area (Å²) in [5, 5.41) is 1.84. The Morgan fingerprint density at radius 2 is 1.81 bits per heavy atom. The van der Waals surface area contributed by atoms with Crippen LogP contribution in [0.1, 0.15) is 10.4 Å². The summed E-state index contributed by atoms with van der Waals surface area (Å²) in [6.07, 6.45) is 0.848. The first kappa shape index (κ1) is 9.21. The van der Waals surface area contributed by atoms with Crippen molar-refractivity contribution in [3.05, 3.63) is 35.9 Å². The molecular formula is C13H10O3. The van der Waals surface area contributed by atoms with E-state index in [1.807, 2.05) is 24.3 Å². The molecule has 16 heavy (non-hydrogen) atoms. The van der Waals surface area contributed by atoms with E-state index in [2.05, 4.69) is 0 Å². The zero-order chi connectivity index (χ0) is 11.0. The van der Waals surface area contributed by atoms with Crippen molar-refractivity contribution in [3.8, 4) is 11.5 Å². The predicted molar refractivity (Wildman–Crippen MR) is 60.3 cm³/mol. The SMILES string of the molecule is O=Cc1cc2c(c3ccccc13)OCCO2. The van der Waals surface area contributed by atoms with Crippen LogP contribution in [-0.4, -0.2) is 19.5 Å². The minimum absolute atomic E-state index is 0.531. The summed E-state index contributed by atoms with van der Waals surface area (Å²) in [7, 11) is 0. The number of ether oxygens (including phenoxy) is 2. The van der Waals surface area contributed by atoms with Gasteiger partial charge in [0.15, 0.2) is 17.8 Å². The van der Waals surface area contributed by atoms with Crippen LogP contribution in [0.3, 0.4) is 0 Å². The van der Waals surface area contributed by atoms with Gasteiger partial charge in [-0.15, -0.1) is 0 Å². The van der Waals surface area contributed by atoms with E-state index in [9.17, 15) is 4.79 Å². The average molecular weight is 214 g/mol. The predicted octanol–water partition coefficient (Wildman–Crippen LogP) is 2.42. The molecule has 0 aromatic heterocycles. The number of hydrogen-bond donors (Lipinski definition) is 0. The number of aldehydes is 1. The molecule has 0 aliphatic carbocycles. The fourth-order valence-corrected chi connectivity index (χ4v) is 2.00. The second-order valence-electron chi connectivity index (χ2n) is 3.65. The van der Waals surface area contributed by atoms with E-state index in [1.165, 1.54) is 0 Å². The van der Waals surface area contributed by atoms with Crippen molar-refractivity contribution in [1.82, 2.24) is 0 Å². The number of hydrogen-bond acceptors (Lipinski definition) is 3. The molecule has 1 heterocycles. The van der Waals surface area contributed by atoms with Crippen LogP contribution in [0.4, 0.5) is 0 Å². The first-order valence-electron chi connectivity index (χ1n) is 5.16. The van der Waals surface area contributed by atoms with Gasteiger partial charge in [0, 0.05) is 10.9 Å². The largest absolute Gasteiger partial charge is 0.486 e. The van der Waals surface area contributed by atoms with E-state index in [1.54, 1.807) is 6.07 Å². The number of benzene rings is 2. The molecule has 0 saturated heterocycles. The maximum absolute atomic E-state index is 11.0. The number of carbonyl (C=O) groups excluding carboxylic acids is 1. The van der Waals surface area contributed by atoms with E-state index < -0.39 is 0 Å². The van der Waals surface area contributed by atoms with E-state index in [4.69, 9.17) is 9.47 Å². The van der Waals surface area contributed by atoms with Crippen LogP contribution in [-0.2, 0) is 0 Å². The van der Waals surface area contributed by atoms with Crippen LogP contribution < -0.4 is 9.47 Å². The van der Waals surface area contributed by atoms with Gasteiger partial charge in [0.25, 0.3) is 0 Å². The summed E-state index contributed by atoms with van der Waals surface area (Å²) in [5.74, 6) is 1.40. The second kappa shape index (κ2) is 3.52. The standard InChI is InChI=1S/C13H10O3/c14-8-9-7-12-13(16-6-5-15-12)11-4-2-1-3-10(9)11/h1-4,7-8H,5-6H2. The zero-order valence-corrected chi connectivity index (χ0v) is 8.60. The Morgan fingerprint density at radius 3 is 2.62 bits per heavy atom. The third kappa shape index (κ3) is 1.25. The molecule has 0 amide bonds. The zero-order valence-electron chi connectivity index (χ0n) is 8.60. The van der Waals surface area contributed by atoms with Crippen LogP contribution in [0, 0.1) is 0 Å². The summed E-state index contributed by atoms with van der Waals surface area (Å²) in [6, 6.07) is 9.43. The fraction of sp³-hybridized carbons (Fsp3) is 0.154. The molecule has 0 saturated carbocycles. The minimum Gasteiger partial charge on any atom is -0.486 e. The quantitative estimate of drug-likeness (QED) is 0.684. The summed E-state index contributed by atoms with van der Waals surface area (Å²) >= 11 is 0. The Bertz CT molecular complexity index is 560. The molecule has 1 aliphatic rings. The molecular weight excluding hydrogens is 204 g/mol. The van der Waals surface area contributed by atoms with Gasteiger partial charge in [-0.2, -0.15) is 0 Å². The lowest BCUT2D eigenvalue weighted by Crippen LogP contribution is -2.15. The second-order valence-corrected chi connectivity index (χ2v) is 3.65. The van der Waals surface area contributed by atoms with Gasteiger partial charge in [-0.3, -0.25) is 4.79 Å². The van der Waals surface area contributed by atoms with Gasteiger partial charge in [0.05, 0.1) is 0 Å². The molecule has 0 radical (unpaired) electrons. The molecule has 2 aromatic rings. The summed E-state index contributed by atoms with van der Waals surface area (Å²) < 4.78 is 11.1. The Balaban J connectivity index is 2.40. The molecule has 80 valence electrons. The number of carbonyl (C=O) groups is 1. The lowest BCUT2D eigenvalue weighted by molar-refractivity contribution is 0.112. The highest BCUT2D eigenvalue weighted by Crippen LogP contribution is 2.39. The van der Waals surface area contributed by atoms with Crippen molar-refractivity contribution >= 4 is 17.1 Å². The normalized spacial score (nSPS) is 13.8. The monoisotopic (exact) mass is 214 g/mol. The van der Waals surface area contributed by atoms with Crippen molar-refractivity contribution in [2.24, 2.45) is 0 Å². The topological polar surface area (TPSA) is 35.5 Å². The van der Waals surface area contributed by atoms with E-state index in [0.717, 1.165) is 22.8 Å². The van der Waals surface area contributed by atoms with Gasteiger partial charge < -0.3 is 9.47 Å². The lowest BCUT2D eigenvalue weighted by Gasteiger charge is -2.20. The Kier molecular flexibility index (Phi) is 2.03. The van der Waals surface area contributed by atoms with Crippen LogP contribution in [0.25, 0.3) is 10.8 Å². The Labute approximate surface area is 92.6 Å². The van der Waals surface area contributed by atoms with Crippen LogP contribution in [0.2, 0.25) is 0 Å². The smallest absolute Gasteiger partial charge is 0.169 e. The minimum atomic E-state index is 0.531. The summed E-state index contributed by atoms with van der Waals surface area (Å²) in [4.78, 5) is 11.0. The van der Waals surface area contributed by atoms with Gasteiger partial charge in [0.1, 0.15) is 13.2 Å². The van der Waals surface area contributed by atoms with Crippen molar-refractivity contribution in [3.63, 3.8) is 0 Å². The molecule has 3 heteroatoms. The third-order valence-electron chi connectivity index (χ3n) is 2.71. The number of rotatable bonds is 1. The third-order valence-corrected chi connectivity index (χ3v) is 2.71. The highest BCUT2D eigenvalue weighted by molar-refractivity contribution is 6.02. The molecule has 0 fully saturated rings. The first-order valence-corrected chi connectivity index (χ1v) is 5.16. The van der Waals surface area contributed by atoms with Crippen molar-refractivity contribution < 1.29 is 14.3 Å². The average Bonchev–Trinajstić information content (AvgIpc) is 2.38. The maximum Gasteiger partial charge on any atom is 0.169 e. The van der Waals surface area contributed by atoms with Gasteiger partial charge in [-0.25, -0.2) is 0 Å². The van der Waals surface area contributed by atoms with Crippen molar-refractivity contribution in [2.45, 2.75) is 0 Å². The Hall–Kier alpha value is -2.03. The Morgan fingerprint density at radius 1 is 1.06 bits per heavy atom. The van der Waals surface area contributed by atoms with Crippen LogP contribution in [0.15, 0.2) is 30.3 Å². The first-order chi connectivity index (χ1) is 7.90. The van der Waals surface area contributed by atoms with Crippen LogP contribution in [0.5, 0.6) is 11.5 Å². The van der Waals surface area contributed by atoms with Gasteiger partial charge >= 0.3 is 0 Å². The molecule has 2 aromatic carbocycles. The molecule has 0 spiro atoms. The van der Waals surface area contributed by atoms with Gasteiger partial charge in [-0.1, -0.05) is 24.3 Å². The molecule has 1 aliphatic heterocycles. The lowest BCUT2D eigenvalue weighted by atomic mass is 10.0. The summed E-state index contributed by atoms with van der Waals surface area (Å²) in [5.41, 5.74) is 0.639. The van der Waals surface area contributed by atoms with Crippen molar-refractivity contribution in [2.75, 3.05) is 13.2 Å². The molecule has 0 unspecified atom stereocenters. The molecule has 0 bridgehead atoms. The number of fused-ring (bicyclic) bond motifs is 3. The molecule has 0 atom stereocenters. The highest BCUT2D eigenvalue weighted by Gasteiger charge is 2.17. The fourth-order valence-electron chi connectivity index (χ4n) is 2.00. The van der Waals surface area contributed by atoms with E-state index >= 15 is 0 Å². The molecule has 3 rings (SSSR count). The maximum atomic E-state index is 11.0. The summed E-state index contributed by atoms with van der Waals surface area (Å²) in [6.45, 7) is 1.08. The molecule has 0 N–H and O–H groups in total.